The number of carbonyl (C=O) groups is 1. The Labute approximate surface area is 146 Å². The van der Waals surface area contributed by atoms with Gasteiger partial charge in [0, 0.05) is 12.0 Å². The van der Waals surface area contributed by atoms with Crippen molar-refractivity contribution in [3.63, 3.8) is 0 Å². The summed E-state index contributed by atoms with van der Waals surface area (Å²) in [6.45, 7) is 5.86. The molecule has 0 unspecified atom stereocenters. The average molecular weight is 349 g/mol. The van der Waals surface area contributed by atoms with Gasteiger partial charge in [-0.25, -0.2) is 0 Å². The van der Waals surface area contributed by atoms with Gasteiger partial charge in [0.15, 0.2) is 0 Å². The van der Waals surface area contributed by atoms with Crippen LogP contribution < -0.4 is 5.32 Å². The molecule has 0 aliphatic heterocycles. The van der Waals surface area contributed by atoms with Crippen LogP contribution in [0.2, 0.25) is 0 Å². The van der Waals surface area contributed by atoms with Crippen LogP contribution in [0.1, 0.15) is 36.1 Å². The van der Waals surface area contributed by atoms with Crippen molar-refractivity contribution in [3.05, 3.63) is 70.8 Å². The summed E-state index contributed by atoms with van der Waals surface area (Å²) in [5, 5.41) is 2.82. The van der Waals surface area contributed by atoms with Crippen LogP contribution in [-0.2, 0) is 22.8 Å². The van der Waals surface area contributed by atoms with Crippen molar-refractivity contribution < 1.29 is 18.0 Å². The fourth-order valence-electron chi connectivity index (χ4n) is 2.49. The largest absolute Gasteiger partial charge is 0.416 e. The predicted octanol–water partition coefficient (Wildman–Crippen LogP) is 4.65. The zero-order valence-electron chi connectivity index (χ0n) is 14.6. The molecule has 2 aromatic carbocycles. The summed E-state index contributed by atoms with van der Waals surface area (Å²) in [6, 6.07) is 12.9. The molecule has 0 atom stereocenters. The summed E-state index contributed by atoms with van der Waals surface area (Å²) in [4.78, 5) is 12.1. The van der Waals surface area contributed by atoms with Gasteiger partial charge in [-0.2, -0.15) is 13.2 Å². The Morgan fingerprint density at radius 1 is 1.00 bits per heavy atom. The third kappa shape index (κ3) is 5.34. The molecule has 2 nitrogen and oxygen atoms in total. The predicted molar refractivity (Wildman–Crippen MR) is 92.4 cm³/mol. The van der Waals surface area contributed by atoms with E-state index < -0.39 is 17.2 Å². The minimum absolute atomic E-state index is 0.149. The monoisotopic (exact) mass is 349 g/mol. The summed E-state index contributed by atoms with van der Waals surface area (Å²) in [6.07, 6.45) is -4.13. The lowest BCUT2D eigenvalue weighted by molar-refractivity contribution is -0.137. The maximum atomic E-state index is 12.9. The highest BCUT2D eigenvalue weighted by atomic mass is 19.4. The molecular formula is C20H22F3NO. The van der Waals surface area contributed by atoms with Crippen LogP contribution in [0.4, 0.5) is 13.2 Å². The molecule has 0 aromatic heterocycles. The lowest BCUT2D eigenvalue weighted by Gasteiger charge is -2.26. The molecular weight excluding hydrogens is 327 g/mol. The molecule has 2 rings (SSSR count). The fourth-order valence-corrected chi connectivity index (χ4v) is 2.49. The molecule has 0 radical (unpaired) electrons. The smallest absolute Gasteiger partial charge is 0.355 e. The van der Waals surface area contributed by atoms with Crippen molar-refractivity contribution in [3.8, 4) is 0 Å². The molecule has 5 heteroatoms. The van der Waals surface area contributed by atoms with E-state index in [1.165, 1.54) is 6.07 Å². The van der Waals surface area contributed by atoms with E-state index in [9.17, 15) is 18.0 Å². The number of alkyl halides is 3. The summed E-state index contributed by atoms with van der Waals surface area (Å²) in [5.74, 6) is -0.149. The maximum Gasteiger partial charge on any atom is 0.416 e. The van der Waals surface area contributed by atoms with Crippen molar-refractivity contribution in [2.75, 3.05) is 6.54 Å². The SMILES string of the molecule is Cc1ccc(CC(=O)NCC(C)(C)c2cccc(C(F)(F)F)c2)cc1. The third-order valence-corrected chi connectivity index (χ3v) is 4.18. The lowest BCUT2D eigenvalue weighted by Crippen LogP contribution is -2.37. The molecule has 0 fully saturated rings. The van der Waals surface area contributed by atoms with E-state index in [0.717, 1.165) is 23.3 Å². The molecule has 0 aliphatic rings. The Morgan fingerprint density at radius 3 is 2.20 bits per heavy atom. The Kier molecular flexibility index (Phi) is 5.55. The Morgan fingerprint density at radius 2 is 1.60 bits per heavy atom. The Bertz CT molecular complexity index is 733. The van der Waals surface area contributed by atoms with E-state index in [-0.39, 0.29) is 18.9 Å². The second-order valence-electron chi connectivity index (χ2n) is 6.90. The summed E-state index contributed by atoms with van der Waals surface area (Å²) < 4.78 is 38.6. The van der Waals surface area contributed by atoms with E-state index in [4.69, 9.17) is 0 Å². The third-order valence-electron chi connectivity index (χ3n) is 4.18. The van der Waals surface area contributed by atoms with E-state index in [0.29, 0.717) is 5.56 Å². The maximum absolute atomic E-state index is 12.9. The number of amides is 1. The zero-order chi connectivity index (χ0) is 18.7. The molecule has 134 valence electrons. The van der Waals surface area contributed by atoms with Crippen LogP contribution in [0, 0.1) is 6.92 Å². The number of rotatable bonds is 5. The van der Waals surface area contributed by atoms with Crippen molar-refractivity contribution in [1.29, 1.82) is 0 Å². The highest BCUT2D eigenvalue weighted by molar-refractivity contribution is 5.78. The average Bonchev–Trinajstić information content (AvgIpc) is 2.55. The first kappa shape index (κ1) is 19.0. The van der Waals surface area contributed by atoms with Gasteiger partial charge in [0.05, 0.1) is 12.0 Å². The Hall–Kier alpha value is -2.30. The van der Waals surface area contributed by atoms with Crippen LogP contribution >= 0.6 is 0 Å². The second-order valence-corrected chi connectivity index (χ2v) is 6.90. The second kappa shape index (κ2) is 7.30. The topological polar surface area (TPSA) is 29.1 Å². The number of hydrogen-bond donors (Lipinski definition) is 1. The molecule has 1 amide bonds. The molecule has 0 aliphatic carbocycles. The highest BCUT2D eigenvalue weighted by Gasteiger charge is 2.32. The summed E-state index contributed by atoms with van der Waals surface area (Å²) in [5.41, 5.74) is 1.28. The molecule has 0 saturated carbocycles. The van der Waals surface area contributed by atoms with Crippen molar-refractivity contribution in [1.82, 2.24) is 5.32 Å². The van der Waals surface area contributed by atoms with Gasteiger partial charge in [-0.1, -0.05) is 61.9 Å². The van der Waals surface area contributed by atoms with E-state index >= 15 is 0 Å². The van der Waals surface area contributed by atoms with Crippen LogP contribution in [0.25, 0.3) is 0 Å². The molecule has 0 saturated heterocycles. The van der Waals surface area contributed by atoms with Gasteiger partial charge < -0.3 is 5.32 Å². The molecule has 0 heterocycles. The first-order valence-corrected chi connectivity index (χ1v) is 8.08. The number of nitrogens with one attached hydrogen (secondary N) is 1. The van der Waals surface area contributed by atoms with Crippen molar-refractivity contribution in [2.24, 2.45) is 0 Å². The number of halogens is 3. The minimum atomic E-state index is -4.37. The van der Waals surface area contributed by atoms with Crippen LogP contribution in [0.3, 0.4) is 0 Å². The number of aryl methyl sites for hydroxylation is 1. The van der Waals surface area contributed by atoms with Gasteiger partial charge in [0.2, 0.25) is 5.91 Å². The molecule has 0 spiro atoms. The van der Waals surface area contributed by atoms with Gasteiger partial charge in [-0.3, -0.25) is 4.79 Å². The van der Waals surface area contributed by atoms with Gasteiger partial charge in [0.25, 0.3) is 0 Å². The van der Waals surface area contributed by atoms with Gasteiger partial charge in [-0.05, 0) is 24.1 Å². The van der Waals surface area contributed by atoms with Gasteiger partial charge >= 0.3 is 6.18 Å². The standard InChI is InChI=1S/C20H22F3NO/c1-14-7-9-15(10-8-14)11-18(25)24-13-19(2,3)16-5-4-6-17(12-16)20(21,22)23/h4-10,12H,11,13H2,1-3H3,(H,24,25). The highest BCUT2D eigenvalue weighted by Crippen LogP contribution is 2.32. The normalized spacial score (nSPS) is 12.1. The number of hydrogen-bond acceptors (Lipinski definition) is 1. The van der Waals surface area contributed by atoms with Crippen molar-refractivity contribution in [2.45, 2.75) is 38.8 Å². The van der Waals surface area contributed by atoms with Gasteiger partial charge in [-0.15, -0.1) is 0 Å². The summed E-state index contributed by atoms with van der Waals surface area (Å²) in [7, 11) is 0. The van der Waals surface area contributed by atoms with Crippen molar-refractivity contribution >= 4 is 5.91 Å². The quantitative estimate of drug-likeness (QED) is 0.836. The van der Waals surface area contributed by atoms with E-state index in [2.05, 4.69) is 5.32 Å². The molecule has 2 aromatic rings. The first-order chi connectivity index (χ1) is 11.6. The summed E-state index contributed by atoms with van der Waals surface area (Å²) >= 11 is 0. The number of carbonyl (C=O) groups excluding carboxylic acids is 1. The van der Waals surface area contributed by atoms with Crippen LogP contribution in [0.15, 0.2) is 48.5 Å². The molecule has 25 heavy (non-hydrogen) atoms. The fraction of sp³-hybridized carbons (Fsp3) is 0.350. The van der Waals surface area contributed by atoms with Crippen LogP contribution in [0.5, 0.6) is 0 Å². The lowest BCUT2D eigenvalue weighted by atomic mass is 9.83. The number of benzene rings is 2. The first-order valence-electron chi connectivity index (χ1n) is 8.08. The molecule has 1 N–H and O–H groups in total. The zero-order valence-corrected chi connectivity index (χ0v) is 14.6. The molecule has 0 bridgehead atoms. The van der Waals surface area contributed by atoms with E-state index in [1.54, 1.807) is 6.07 Å². The Balaban J connectivity index is 2.01. The van der Waals surface area contributed by atoms with E-state index in [1.807, 2.05) is 45.0 Å². The van der Waals surface area contributed by atoms with Crippen LogP contribution in [-0.4, -0.2) is 12.5 Å². The minimum Gasteiger partial charge on any atom is -0.355 e. The van der Waals surface area contributed by atoms with Gasteiger partial charge in [0.1, 0.15) is 0 Å².